The number of hydrogen-bond acceptors (Lipinski definition) is 5. The van der Waals surface area contributed by atoms with Gasteiger partial charge in [-0.3, -0.25) is 0 Å². The van der Waals surface area contributed by atoms with Crippen LogP contribution in [0.1, 0.15) is 5.56 Å². The van der Waals surface area contributed by atoms with Crippen LogP contribution in [-0.2, 0) is 16.2 Å². The molecule has 20 heavy (non-hydrogen) atoms. The van der Waals surface area contributed by atoms with Crippen LogP contribution in [0.25, 0.3) is 0 Å². The number of rotatable bonds is 4. The SMILES string of the molecule is CO/N=C1\CN(C(=O)OCc2ccccc2)CC1CO. The molecule has 1 heterocycles. The molecule has 0 saturated carbocycles. The summed E-state index contributed by atoms with van der Waals surface area (Å²) in [6.45, 7) is 0.889. The van der Waals surface area contributed by atoms with Crippen molar-refractivity contribution in [2.45, 2.75) is 6.61 Å². The Hall–Kier alpha value is -2.08. The molecule has 1 unspecified atom stereocenters. The van der Waals surface area contributed by atoms with Crippen LogP contribution >= 0.6 is 0 Å². The lowest BCUT2D eigenvalue weighted by atomic mass is 10.1. The second-order valence-corrected chi connectivity index (χ2v) is 4.57. The maximum absolute atomic E-state index is 12.0. The van der Waals surface area contributed by atoms with E-state index in [1.807, 2.05) is 30.3 Å². The number of hydrogen-bond donors (Lipinski definition) is 1. The first-order valence-corrected chi connectivity index (χ1v) is 6.41. The van der Waals surface area contributed by atoms with Crippen molar-refractivity contribution in [3.05, 3.63) is 35.9 Å². The normalized spacial score (nSPS) is 20.2. The first-order chi connectivity index (χ1) is 9.74. The molecule has 108 valence electrons. The Morgan fingerprint density at radius 2 is 2.20 bits per heavy atom. The zero-order valence-corrected chi connectivity index (χ0v) is 11.4. The largest absolute Gasteiger partial charge is 0.445 e. The highest BCUT2D eigenvalue weighted by Gasteiger charge is 2.33. The van der Waals surface area contributed by atoms with E-state index >= 15 is 0 Å². The quantitative estimate of drug-likeness (QED) is 0.841. The summed E-state index contributed by atoms with van der Waals surface area (Å²) in [4.78, 5) is 18.2. The van der Waals surface area contributed by atoms with Gasteiger partial charge >= 0.3 is 6.09 Å². The Morgan fingerprint density at radius 3 is 2.85 bits per heavy atom. The first kappa shape index (κ1) is 14.3. The zero-order valence-electron chi connectivity index (χ0n) is 11.4. The third kappa shape index (κ3) is 3.48. The van der Waals surface area contributed by atoms with Crippen molar-refractivity contribution in [1.82, 2.24) is 4.90 Å². The van der Waals surface area contributed by atoms with Crippen LogP contribution < -0.4 is 0 Å². The molecule has 0 aliphatic carbocycles. The summed E-state index contributed by atoms with van der Waals surface area (Å²) in [5, 5.41) is 13.1. The first-order valence-electron chi connectivity index (χ1n) is 6.41. The molecular formula is C14H18N2O4. The van der Waals surface area contributed by atoms with Gasteiger partial charge in [-0.05, 0) is 5.56 Å². The number of amides is 1. The van der Waals surface area contributed by atoms with Gasteiger partial charge in [0, 0.05) is 12.5 Å². The van der Waals surface area contributed by atoms with E-state index in [0.717, 1.165) is 5.56 Å². The van der Waals surface area contributed by atoms with Crippen LogP contribution in [0.3, 0.4) is 0 Å². The van der Waals surface area contributed by atoms with Gasteiger partial charge in [-0.25, -0.2) is 4.79 Å². The number of aliphatic hydroxyl groups is 1. The average molecular weight is 278 g/mol. The van der Waals surface area contributed by atoms with Crippen molar-refractivity contribution in [3.63, 3.8) is 0 Å². The highest BCUT2D eigenvalue weighted by atomic mass is 16.6. The minimum Gasteiger partial charge on any atom is -0.445 e. The average Bonchev–Trinajstić information content (AvgIpc) is 2.89. The number of benzene rings is 1. The van der Waals surface area contributed by atoms with Gasteiger partial charge in [-0.15, -0.1) is 0 Å². The standard InChI is InChI=1S/C14H18N2O4/c1-19-15-13-8-16(7-12(13)9-17)14(18)20-10-11-5-3-2-4-6-11/h2-6,12,17H,7-10H2,1H3/b15-13+. The zero-order chi connectivity index (χ0) is 14.4. The van der Waals surface area contributed by atoms with Crippen LogP contribution in [0, 0.1) is 5.92 Å². The maximum atomic E-state index is 12.0. The Labute approximate surface area is 117 Å². The Morgan fingerprint density at radius 1 is 1.45 bits per heavy atom. The molecule has 1 N–H and O–H groups in total. The maximum Gasteiger partial charge on any atom is 0.410 e. The number of oxime groups is 1. The fraction of sp³-hybridized carbons (Fsp3) is 0.429. The van der Waals surface area contributed by atoms with Crippen molar-refractivity contribution >= 4 is 11.8 Å². The fourth-order valence-electron chi connectivity index (χ4n) is 2.09. The minimum absolute atomic E-state index is 0.0648. The summed E-state index contributed by atoms with van der Waals surface area (Å²) in [5.41, 5.74) is 1.59. The van der Waals surface area contributed by atoms with Gasteiger partial charge in [0.1, 0.15) is 13.7 Å². The molecule has 1 aliphatic rings. The van der Waals surface area contributed by atoms with Crippen LogP contribution in [-0.4, -0.2) is 48.6 Å². The van der Waals surface area contributed by atoms with E-state index in [2.05, 4.69) is 5.16 Å². The summed E-state index contributed by atoms with van der Waals surface area (Å²) < 4.78 is 5.24. The van der Waals surface area contributed by atoms with Gasteiger partial charge in [0.15, 0.2) is 0 Å². The summed E-state index contributed by atoms with van der Waals surface area (Å²) in [6.07, 6.45) is -0.409. The molecule has 1 aromatic carbocycles. The van der Waals surface area contributed by atoms with Gasteiger partial charge in [0.2, 0.25) is 0 Å². The van der Waals surface area contributed by atoms with Crippen LogP contribution in [0.15, 0.2) is 35.5 Å². The smallest absolute Gasteiger partial charge is 0.410 e. The predicted molar refractivity (Wildman–Crippen MR) is 73.2 cm³/mol. The summed E-state index contributed by atoms with van der Waals surface area (Å²) in [6, 6.07) is 9.48. The molecule has 2 rings (SSSR count). The van der Waals surface area contributed by atoms with Crippen LogP contribution in [0.4, 0.5) is 4.79 Å². The van der Waals surface area contributed by atoms with Gasteiger partial charge in [0.25, 0.3) is 0 Å². The molecule has 0 aromatic heterocycles. The molecule has 6 heteroatoms. The van der Waals surface area contributed by atoms with Crippen molar-refractivity contribution in [3.8, 4) is 0 Å². The topological polar surface area (TPSA) is 71.4 Å². The third-order valence-electron chi connectivity index (χ3n) is 3.16. The Kier molecular flexibility index (Phi) is 4.95. The van der Waals surface area contributed by atoms with Crippen LogP contribution in [0.5, 0.6) is 0 Å². The molecule has 1 amide bonds. The molecule has 0 radical (unpaired) electrons. The van der Waals surface area contributed by atoms with Crippen LogP contribution in [0.2, 0.25) is 0 Å². The van der Waals surface area contributed by atoms with E-state index in [-0.39, 0.29) is 19.1 Å². The lowest BCUT2D eigenvalue weighted by molar-refractivity contribution is 0.102. The highest BCUT2D eigenvalue weighted by Crippen LogP contribution is 2.15. The van der Waals surface area contributed by atoms with E-state index < -0.39 is 6.09 Å². The van der Waals surface area contributed by atoms with Crippen molar-refractivity contribution in [1.29, 1.82) is 0 Å². The number of aliphatic hydroxyl groups excluding tert-OH is 1. The molecule has 6 nitrogen and oxygen atoms in total. The third-order valence-corrected chi connectivity index (χ3v) is 3.16. The van der Waals surface area contributed by atoms with Crippen molar-refractivity contribution in [2.75, 3.05) is 26.8 Å². The predicted octanol–water partition coefficient (Wildman–Crippen LogP) is 1.25. The lowest BCUT2D eigenvalue weighted by Crippen LogP contribution is -2.29. The Bertz CT molecular complexity index is 475. The monoisotopic (exact) mass is 278 g/mol. The lowest BCUT2D eigenvalue weighted by Gasteiger charge is -2.15. The number of carbonyl (C=O) groups excluding carboxylic acids is 1. The molecule has 1 aromatic rings. The van der Waals surface area contributed by atoms with Gasteiger partial charge < -0.3 is 19.6 Å². The van der Waals surface area contributed by atoms with Crippen molar-refractivity contribution in [2.24, 2.45) is 11.1 Å². The highest BCUT2D eigenvalue weighted by molar-refractivity contribution is 5.93. The number of ether oxygens (including phenoxy) is 1. The second kappa shape index (κ2) is 6.91. The summed E-state index contributed by atoms with van der Waals surface area (Å²) in [5.74, 6) is -0.181. The van der Waals surface area contributed by atoms with E-state index in [0.29, 0.717) is 18.8 Å². The Balaban J connectivity index is 1.89. The molecule has 1 aliphatic heterocycles. The summed E-state index contributed by atoms with van der Waals surface area (Å²) >= 11 is 0. The van der Waals surface area contributed by atoms with E-state index in [4.69, 9.17) is 9.57 Å². The molecule has 0 spiro atoms. The van der Waals surface area contributed by atoms with Gasteiger partial charge in [0.05, 0.1) is 18.9 Å². The summed E-state index contributed by atoms with van der Waals surface area (Å²) in [7, 11) is 1.44. The number of likely N-dealkylation sites (tertiary alicyclic amines) is 1. The minimum atomic E-state index is -0.409. The fourth-order valence-corrected chi connectivity index (χ4v) is 2.09. The molecule has 1 fully saturated rings. The molecular weight excluding hydrogens is 260 g/mol. The van der Waals surface area contributed by atoms with Crippen molar-refractivity contribution < 1.29 is 19.5 Å². The van der Waals surface area contributed by atoms with E-state index in [1.54, 1.807) is 0 Å². The van der Waals surface area contributed by atoms with E-state index in [1.165, 1.54) is 12.0 Å². The molecule has 1 saturated heterocycles. The van der Waals surface area contributed by atoms with E-state index in [9.17, 15) is 9.90 Å². The number of nitrogens with zero attached hydrogens (tertiary/aromatic N) is 2. The van der Waals surface area contributed by atoms with Gasteiger partial charge in [-0.2, -0.15) is 0 Å². The number of carbonyl (C=O) groups is 1. The molecule has 0 bridgehead atoms. The van der Waals surface area contributed by atoms with Gasteiger partial charge in [-0.1, -0.05) is 35.5 Å². The second-order valence-electron chi connectivity index (χ2n) is 4.57. The molecule has 1 atom stereocenters.